The van der Waals surface area contributed by atoms with Crippen molar-refractivity contribution in [2.24, 2.45) is 0 Å². The third-order valence-corrected chi connectivity index (χ3v) is 5.24. The summed E-state index contributed by atoms with van der Waals surface area (Å²) in [5.41, 5.74) is 13.3. The summed E-state index contributed by atoms with van der Waals surface area (Å²) in [6, 6.07) is 21.0. The molecule has 1 aliphatic carbocycles. The van der Waals surface area contributed by atoms with Gasteiger partial charge in [-0.1, -0.05) is 86.2 Å². The van der Waals surface area contributed by atoms with Crippen molar-refractivity contribution < 1.29 is 0 Å². The molecule has 0 bridgehead atoms. The Morgan fingerprint density at radius 1 is 0.846 bits per heavy atom. The second kappa shape index (κ2) is 8.24. The van der Waals surface area contributed by atoms with Crippen molar-refractivity contribution in [3.63, 3.8) is 0 Å². The molecule has 0 N–H and O–H groups in total. The molecule has 1 aliphatic rings. The molecule has 0 fully saturated rings. The predicted molar refractivity (Wildman–Crippen MR) is 115 cm³/mol. The van der Waals surface area contributed by atoms with E-state index in [0.717, 1.165) is 18.4 Å². The van der Waals surface area contributed by atoms with E-state index >= 15 is 0 Å². The van der Waals surface area contributed by atoms with Crippen molar-refractivity contribution in [2.75, 3.05) is 0 Å². The van der Waals surface area contributed by atoms with Crippen LogP contribution in [0.15, 0.2) is 83.6 Å². The SMILES string of the molecule is C[Si](C)(C)C#CC1=C(C=C=C(c2ccccc2)c2ccccc2)CCC1. The van der Waals surface area contributed by atoms with Gasteiger partial charge in [0, 0.05) is 11.1 Å². The maximum Gasteiger partial charge on any atom is 0.129 e. The molecule has 2 aromatic rings. The highest BCUT2D eigenvalue weighted by Gasteiger charge is 2.13. The van der Waals surface area contributed by atoms with Crippen LogP contribution in [0.5, 0.6) is 0 Å². The zero-order valence-electron chi connectivity index (χ0n) is 16.0. The van der Waals surface area contributed by atoms with Crippen molar-refractivity contribution in [1.82, 2.24) is 0 Å². The summed E-state index contributed by atoms with van der Waals surface area (Å²) < 4.78 is 0. The summed E-state index contributed by atoms with van der Waals surface area (Å²) in [4.78, 5) is 0. The zero-order chi connectivity index (χ0) is 18.4. The molecule has 0 unspecified atom stereocenters. The summed E-state index contributed by atoms with van der Waals surface area (Å²) in [6.07, 6.45) is 5.60. The van der Waals surface area contributed by atoms with Gasteiger partial charge in [0.05, 0.1) is 0 Å². The topological polar surface area (TPSA) is 0 Å². The number of allylic oxidation sites excluding steroid dienone is 3. The molecule has 0 saturated heterocycles. The monoisotopic (exact) mass is 354 g/mol. The van der Waals surface area contributed by atoms with E-state index in [9.17, 15) is 0 Å². The number of benzene rings is 2. The first-order valence-electron chi connectivity index (χ1n) is 9.36. The van der Waals surface area contributed by atoms with Crippen molar-refractivity contribution in [3.05, 3.63) is 94.7 Å². The Labute approximate surface area is 159 Å². The lowest BCUT2D eigenvalue weighted by Gasteiger charge is -2.05. The summed E-state index contributed by atoms with van der Waals surface area (Å²) >= 11 is 0. The second-order valence-electron chi connectivity index (χ2n) is 7.75. The summed E-state index contributed by atoms with van der Waals surface area (Å²) in [7, 11) is -1.34. The highest BCUT2D eigenvalue weighted by atomic mass is 28.3. The minimum atomic E-state index is -1.34. The van der Waals surface area contributed by atoms with Gasteiger partial charge in [0.2, 0.25) is 0 Å². The quantitative estimate of drug-likeness (QED) is 0.329. The fourth-order valence-electron chi connectivity index (χ4n) is 3.03. The van der Waals surface area contributed by atoms with E-state index in [1.165, 1.54) is 28.7 Å². The molecule has 3 rings (SSSR count). The summed E-state index contributed by atoms with van der Waals surface area (Å²) in [6.45, 7) is 6.90. The number of rotatable bonds is 3. The molecule has 1 heteroatoms. The van der Waals surface area contributed by atoms with Crippen LogP contribution in [-0.4, -0.2) is 8.07 Å². The molecule has 0 heterocycles. The first-order chi connectivity index (χ1) is 12.5. The third kappa shape index (κ3) is 4.99. The van der Waals surface area contributed by atoms with E-state index in [1.807, 2.05) is 0 Å². The van der Waals surface area contributed by atoms with Crippen LogP contribution in [-0.2, 0) is 0 Å². The van der Waals surface area contributed by atoms with Gasteiger partial charge in [0.15, 0.2) is 0 Å². The van der Waals surface area contributed by atoms with Crippen LogP contribution in [0.3, 0.4) is 0 Å². The molecule has 0 aliphatic heterocycles. The Hall–Kier alpha value is -2.52. The van der Waals surface area contributed by atoms with Crippen LogP contribution in [0.25, 0.3) is 5.57 Å². The lowest BCUT2D eigenvalue weighted by atomic mass is 9.98. The Balaban J connectivity index is 2.06. The van der Waals surface area contributed by atoms with Gasteiger partial charge in [0.25, 0.3) is 0 Å². The molecule has 0 amide bonds. The molecule has 0 nitrogen and oxygen atoms in total. The second-order valence-corrected chi connectivity index (χ2v) is 12.5. The van der Waals surface area contributed by atoms with Crippen LogP contribution in [0.4, 0.5) is 0 Å². The van der Waals surface area contributed by atoms with Crippen molar-refractivity contribution >= 4 is 13.6 Å². The maximum absolute atomic E-state index is 3.60. The molecular formula is C25H26Si. The van der Waals surface area contributed by atoms with Gasteiger partial charge >= 0.3 is 0 Å². The lowest BCUT2D eigenvalue weighted by molar-refractivity contribution is 0.908. The summed E-state index contributed by atoms with van der Waals surface area (Å²) in [5, 5.41) is 0. The predicted octanol–water partition coefficient (Wildman–Crippen LogP) is 6.63. The van der Waals surface area contributed by atoms with Crippen LogP contribution in [0.2, 0.25) is 19.6 Å². The minimum absolute atomic E-state index is 1.11. The van der Waals surface area contributed by atoms with Gasteiger partial charge in [-0.05, 0) is 42.0 Å². The van der Waals surface area contributed by atoms with Crippen LogP contribution >= 0.6 is 0 Å². The largest absolute Gasteiger partial charge is 0.129 e. The van der Waals surface area contributed by atoms with Crippen molar-refractivity contribution in [3.8, 4) is 11.5 Å². The Morgan fingerprint density at radius 3 is 1.96 bits per heavy atom. The lowest BCUT2D eigenvalue weighted by Crippen LogP contribution is -2.16. The van der Waals surface area contributed by atoms with E-state index in [1.54, 1.807) is 0 Å². The molecule has 2 aromatic carbocycles. The number of hydrogen-bond acceptors (Lipinski definition) is 0. The Morgan fingerprint density at radius 2 is 1.42 bits per heavy atom. The van der Waals surface area contributed by atoms with Gasteiger partial charge < -0.3 is 0 Å². The fourth-order valence-corrected chi connectivity index (χ4v) is 3.56. The fraction of sp³-hybridized carbons (Fsp3) is 0.240. The van der Waals surface area contributed by atoms with E-state index in [2.05, 4.69) is 104 Å². The third-order valence-electron chi connectivity index (χ3n) is 4.36. The first kappa shape index (κ1) is 18.3. The minimum Gasteiger partial charge on any atom is -0.127 e. The van der Waals surface area contributed by atoms with Gasteiger partial charge in [-0.2, -0.15) is 0 Å². The molecule has 0 saturated carbocycles. The average Bonchev–Trinajstić information content (AvgIpc) is 3.09. The van der Waals surface area contributed by atoms with Gasteiger partial charge in [-0.3, -0.25) is 0 Å². The first-order valence-corrected chi connectivity index (χ1v) is 12.9. The van der Waals surface area contributed by atoms with E-state index in [4.69, 9.17) is 0 Å². The molecule has 26 heavy (non-hydrogen) atoms. The molecule has 130 valence electrons. The maximum atomic E-state index is 3.60. The van der Waals surface area contributed by atoms with E-state index in [0.29, 0.717) is 0 Å². The van der Waals surface area contributed by atoms with E-state index < -0.39 is 8.07 Å². The molecule has 0 radical (unpaired) electrons. The molecule has 0 aromatic heterocycles. The van der Waals surface area contributed by atoms with Gasteiger partial charge in [0.1, 0.15) is 8.07 Å². The standard InChI is InChI=1S/C25H26Si/c1-26(2,3)20-19-22-16-10-15-21(22)17-18-25(23-11-6-4-7-12-23)24-13-8-5-9-14-24/h4-9,11-14,17H,10,15-16H2,1-3H3. The highest BCUT2D eigenvalue weighted by molar-refractivity contribution is 6.83. The zero-order valence-corrected chi connectivity index (χ0v) is 17.0. The van der Waals surface area contributed by atoms with E-state index in [-0.39, 0.29) is 0 Å². The summed E-state index contributed by atoms with van der Waals surface area (Å²) in [5.74, 6) is 3.49. The van der Waals surface area contributed by atoms with Crippen LogP contribution in [0, 0.1) is 11.5 Å². The van der Waals surface area contributed by atoms with Gasteiger partial charge in [-0.25, -0.2) is 0 Å². The normalized spacial score (nSPS) is 13.7. The van der Waals surface area contributed by atoms with Crippen LogP contribution < -0.4 is 0 Å². The Bertz CT molecular complexity index is 865. The smallest absolute Gasteiger partial charge is 0.127 e. The van der Waals surface area contributed by atoms with Crippen molar-refractivity contribution in [1.29, 1.82) is 0 Å². The van der Waals surface area contributed by atoms with Crippen molar-refractivity contribution in [2.45, 2.75) is 38.9 Å². The van der Waals surface area contributed by atoms with Crippen LogP contribution in [0.1, 0.15) is 30.4 Å². The molecule has 0 atom stereocenters. The van der Waals surface area contributed by atoms with Gasteiger partial charge in [-0.15, -0.1) is 11.3 Å². The molecular weight excluding hydrogens is 328 g/mol. The Kier molecular flexibility index (Phi) is 5.79. The number of hydrogen-bond donors (Lipinski definition) is 0. The average molecular weight is 355 g/mol. The molecule has 0 spiro atoms. The highest BCUT2D eigenvalue weighted by Crippen LogP contribution is 2.28.